The predicted molar refractivity (Wildman–Crippen MR) is 123 cm³/mol. The Morgan fingerprint density at radius 1 is 0.969 bits per heavy atom. The molecule has 0 heterocycles. The van der Waals surface area contributed by atoms with Crippen molar-refractivity contribution in [2.75, 3.05) is 0 Å². The number of halogens is 1. The van der Waals surface area contributed by atoms with Crippen LogP contribution in [0.3, 0.4) is 0 Å². The van der Waals surface area contributed by atoms with Gasteiger partial charge in [0.1, 0.15) is 22.9 Å². The summed E-state index contributed by atoms with van der Waals surface area (Å²) in [5.41, 5.74) is 3.13. The van der Waals surface area contributed by atoms with Gasteiger partial charge in [-0.1, -0.05) is 36.4 Å². The fourth-order valence-electron chi connectivity index (χ4n) is 4.13. The molecule has 0 spiro atoms. The summed E-state index contributed by atoms with van der Waals surface area (Å²) in [5, 5.41) is 3.08. The lowest BCUT2D eigenvalue weighted by molar-refractivity contribution is 0.0499. The maximum absolute atomic E-state index is 13.1. The number of fused-ring (bicyclic) bond motifs is 1. The third-order valence-corrected chi connectivity index (χ3v) is 5.51. The smallest absolute Gasteiger partial charge is 0.407 e. The Bertz CT molecular complexity index is 1070. The maximum Gasteiger partial charge on any atom is 0.407 e. The van der Waals surface area contributed by atoms with E-state index in [0.717, 1.165) is 18.4 Å². The largest absolute Gasteiger partial charge is 0.457 e. The van der Waals surface area contributed by atoms with E-state index in [9.17, 15) is 9.18 Å². The minimum absolute atomic E-state index is 0.0302. The topological polar surface area (TPSA) is 47.6 Å². The van der Waals surface area contributed by atoms with Crippen LogP contribution in [0.2, 0.25) is 0 Å². The molecule has 2 unspecified atom stereocenters. The van der Waals surface area contributed by atoms with E-state index in [2.05, 4.69) is 17.4 Å². The molecule has 5 heteroatoms. The molecule has 3 aromatic rings. The highest BCUT2D eigenvalue weighted by molar-refractivity contribution is 5.68. The van der Waals surface area contributed by atoms with Crippen LogP contribution in [0, 0.1) is 5.82 Å². The van der Waals surface area contributed by atoms with Crippen molar-refractivity contribution >= 4 is 6.09 Å². The molecule has 0 aromatic heterocycles. The number of alkyl carbamates (subject to hydrolysis) is 1. The Labute approximate surface area is 188 Å². The minimum atomic E-state index is -0.536. The molecule has 1 aliphatic carbocycles. The number of amides is 1. The number of carbonyl (C=O) groups excluding carboxylic acids is 1. The molecule has 0 fully saturated rings. The van der Waals surface area contributed by atoms with Crippen LogP contribution in [0.4, 0.5) is 9.18 Å². The molecule has 4 nitrogen and oxygen atoms in total. The predicted octanol–water partition coefficient (Wildman–Crippen LogP) is 6.39. The Balaban J connectivity index is 1.47. The minimum Gasteiger partial charge on any atom is -0.457 e. The van der Waals surface area contributed by atoms with E-state index in [0.29, 0.717) is 11.5 Å². The summed E-state index contributed by atoms with van der Waals surface area (Å²) in [6.45, 7) is 5.59. The van der Waals surface area contributed by atoms with Crippen LogP contribution in [-0.2, 0) is 17.6 Å². The van der Waals surface area contributed by atoms with Gasteiger partial charge in [-0.05, 0) is 86.7 Å². The van der Waals surface area contributed by atoms with E-state index in [1.54, 1.807) is 12.1 Å². The van der Waals surface area contributed by atoms with Crippen LogP contribution < -0.4 is 10.1 Å². The van der Waals surface area contributed by atoms with Crippen LogP contribution in [-0.4, -0.2) is 17.7 Å². The first-order valence-electron chi connectivity index (χ1n) is 10.9. The second-order valence-corrected chi connectivity index (χ2v) is 9.17. The van der Waals surface area contributed by atoms with Crippen LogP contribution in [0.1, 0.15) is 43.4 Å². The van der Waals surface area contributed by atoms with Gasteiger partial charge >= 0.3 is 6.09 Å². The van der Waals surface area contributed by atoms with Gasteiger partial charge in [0.15, 0.2) is 0 Å². The number of ether oxygens (including phenoxy) is 2. The van der Waals surface area contributed by atoms with Crippen molar-refractivity contribution in [1.29, 1.82) is 0 Å². The highest BCUT2D eigenvalue weighted by Gasteiger charge is 2.34. The zero-order valence-corrected chi connectivity index (χ0v) is 18.6. The molecule has 166 valence electrons. The van der Waals surface area contributed by atoms with Gasteiger partial charge in [-0.3, -0.25) is 0 Å². The molecular formula is C27H28FNO3. The van der Waals surface area contributed by atoms with Crippen molar-refractivity contribution in [2.24, 2.45) is 0 Å². The maximum atomic E-state index is 13.1. The first-order valence-corrected chi connectivity index (χ1v) is 10.9. The fourth-order valence-corrected chi connectivity index (χ4v) is 4.13. The third kappa shape index (κ3) is 5.47. The fraction of sp³-hybridized carbons (Fsp3) is 0.296. The summed E-state index contributed by atoms with van der Waals surface area (Å²) < 4.78 is 24.4. The van der Waals surface area contributed by atoms with Crippen LogP contribution >= 0.6 is 0 Å². The van der Waals surface area contributed by atoms with Crippen molar-refractivity contribution in [3.63, 3.8) is 0 Å². The van der Waals surface area contributed by atoms with Crippen LogP contribution in [0.5, 0.6) is 11.5 Å². The van der Waals surface area contributed by atoms with Gasteiger partial charge in [0.05, 0.1) is 0 Å². The first kappa shape index (κ1) is 21.9. The molecule has 2 atom stereocenters. The van der Waals surface area contributed by atoms with Gasteiger partial charge < -0.3 is 14.8 Å². The summed E-state index contributed by atoms with van der Waals surface area (Å²) in [5.74, 6) is 1.14. The summed E-state index contributed by atoms with van der Waals surface area (Å²) in [6, 6.07) is 22.2. The van der Waals surface area contributed by atoms with Gasteiger partial charge in [0.2, 0.25) is 0 Å². The SMILES string of the molecule is CC(C)(C)OC(=O)NC1Cc2ccccc2C1Cc1ccc(Oc2ccc(F)cc2)cc1. The van der Waals surface area contributed by atoms with E-state index in [4.69, 9.17) is 9.47 Å². The molecule has 1 N–H and O–H groups in total. The summed E-state index contributed by atoms with van der Waals surface area (Å²) >= 11 is 0. The molecule has 1 aliphatic rings. The Morgan fingerprint density at radius 3 is 2.25 bits per heavy atom. The van der Waals surface area contributed by atoms with E-state index >= 15 is 0 Å². The average Bonchev–Trinajstić information content (AvgIpc) is 3.06. The van der Waals surface area contributed by atoms with Crippen LogP contribution in [0.15, 0.2) is 72.8 Å². The molecule has 0 aliphatic heterocycles. The number of benzene rings is 3. The zero-order chi connectivity index (χ0) is 22.7. The van der Waals surface area contributed by atoms with Crippen molar-refractivity contribution in [3.8, 4) is 11.5 Å². The summed E-state index contributed by atoms with van der Waals surface area (Å²) in [7, 11) is 0. The molecule has 0 radical (unpaired) electrons. The first-order chi connectivity index (χ1) is 15.3. The monoisotopic (exact) mass is 433 g/mol. The number of rotatable bonds is 5. The van der Waals surface area contributed by atoms with Crippen molar-refractivity contribution in [1.82, 2.24) is 5.32 Å². The second-order valence-electron chi connectivity index (χ2n) is 9.17. The van der Waals surface area contributed by atoms with Crippen LogP contribution in [0.25, 0.3) is 0 Å². The summed E-state index contributed by atoms with van der Waals surface area (Å²) in [6.07, 6.45) is 1.18. The Morgan fingerprint density at radius 2 is 1.59 bits per heavy atom. The Hall–Kier alpha value is -3.34. The number of nitrogens with one attached hydrogen (secondary N) is 1. The lowest BCUT2D eigenvalue weighted by Gasteiger charge is -2.25. The number of hydrogen-bond acceptors (Lipinski definition) is 3. The molecular weight excluding hydrogens is 405 g/mol. The van der Waals surface area contributed by atoms with Gasteiger partial charge in [0.25, 0.3) is 0 Å². The normalized spacial score (nSPS) is 17.5. The summed E-state index contributed by atoms with van der Waals surface area (Å²) in [4.78, 5) is 12.4. The van der Waals surface area contributed by atoms with Gasteiger partial charge in [-0.25, -0.2) is 9.18 Å². The molecule has 1 amide bonds. The quantitative estimate of drug-likeness (QED) is 0.507. The van der Waals surface area contributed by atoms with E-state index in [1.165, 1.54) is 23.3 Å². The highest BCUT2D eigenvalue weighted by Crippen LogP contribution is 2.36. The van der Waals surface area contributed by atoms with Gasteiger partial charge in [0, 0.05) is 12.0 Å². The van der Waals surface area contributed by atoms with Gasteiger partial charge in [-0.2, -0.15) is 0 Å². The zero-order valence-electron chi connectivity index (χ0n) is 18.6. The van der Waals surface area contributed by atoms with E-state index < -0.39 is 5.60 Å². The highest BCUT2D eigenvalue weighted by atomic mass is 19.1. The Kier molecular flexibility index (Phi) is 6.17. The second kappa shape index (κ2) is 9.03. The molecule has 4 rings (SSSR count). The van der Waals surface area contributed by atoms with E-state index in [1.807, 2.05) is 57.2 Å². The molecule has 32 heavy (non-hydrogen) atoms. The van der Waals surface area contributed by atoms with Crippen molar-refractivity contribution in [3.05, 3.63) is 95.3 Å². The number of hydrogen-bond donors (Lipinski definition) is 1. The molecule has 3 aromatic carbocycles. The van der Waals surface area contributed by atoms with Crippen molar-refractivity contribution < 1.29 is 18.7 Å². The lowest BCUT2D eigenvalue weighted by Crippen LogP contribution is -2.41. The average molecular weight is 434 g/mol. The third-order valence-electron chi connectivity index (χ3n) is 5.51. The van der Waals surface area contributed by atoms with Crippen molar-refractivity contribution in [2.45, 2.75) is 51.2 Å². The van der Waals surface area contributed by atoms with Gasteiger partial charge in [-0.15, -0.1) is 0 Å². The number of carbonyl (C=O) groups is 1. The van der Waals surface area contributed by atoms with E-state index in [-0.39, 0.29) is 23.9 Å². The molecule has 0 saturated carbocycles. The lowest BCUT2D eigenvalue weighted by atomic mass is 9.91. The standard InChI is InChI=1S/C27H28FNO3/c1-27(2,3)32-26(30)29-25-17-19-6-4-5-7-23(19)24(25)16-18-8-12-21(13-9-18)31-22-14-10-20(28)11-15-22/h4-15,24-25H,16-17H2,1-3H3,(H,29,30). The molecule has 0 saturated heterocycles. The molecule has 0 bridgehead atoms.